The predicted molar refractivity (Wildman–Crippen MR) is 190 cm³/mol. The zero-order valence-electron chi connectivity index (χ0n) is 30.8. The molecule has 1 unspecified atom stereocenters. The largest absolute Gasteiger partial charge is 0.0955 e. The molecule has 40 heavy (non-hydrogen) atoms. The minimum Gasteiger partial charge on any atom is -0.0955 e. The Morgan fingerprint density at radius 3 is 1.43 bits per heavy atom. The Morgan fingerprint density at radius 1 is 0.725 bits per heavy atom. The molecule has 0 aliphatic rings. The molecule has 0 heterocycles. The first-order valence-corrected chi connectivity index (χ1v) is 16.4. The minimum atomic E-state index is 0.305. The number of benzene rings is 2. The van der Waals surface area contributed by atoms with Crippen LogP contribution in [-0.4, -0.2) is 0 Å². The lowest BCUT2D eigenvalue weighted by Crippen LogP contribution is -2.33. The summed E-state index contributed by atoms with van der Waals surface area (Å²) in [7, 11) is 0. The quantitative estimate of drug-likeness (QED) is 0.305. The number of allylic oxidation sites excluding steroid dienone is 1. The van der Waals surface area contributed by atoms with Crippen LogP contribution in [0.1, 0.15) is 156 Å². The lowest BCUT2D eigenvalue weighted by atomic mass is 9.61. The molecule has 2 aromatic carbocycles. The van der Waals surface area contributed by atoms with Crippen LogP contribution in [0.3, 0.4) is 0 Å². The van der Waals surface area contributed by atoms with Crippen LogP contribution in [0.2, 0.25) is 0 Å². The van der Waals surface area contributed by atoms with Crippen LogP contribution >= 0.6 is 0 Å². The Hall–Kier alpha value is -1.82. The van der Waals surface area contributed by atoms with Crippen LogP contribution in [-0.2, 0) is 6.42 Å². The molecule has 0 aliphatic heterocycles. The third-order valence-corrected chi connectivity index (χ3v) is 8.57. The summed E-state index contributed by atoms with van der Waals surface area (Å²) >= 11 is 0. The molecule has 0 aliphatic carbocycles. The van der Waals surface area contributed by atoms with E-state index in [0.717, 1.165) is 12.0 Å². The Labute approximate surface area is 254 Å². The van der Waals surface area contributed by atoms with Gasteiger partial charge in [0.05, 0.1) is 0 Å². The van der Waals surface area contributed by atoms with Gasteiger partial charge in [0.2, 0.25) is 0 Å². The van der Waals surface area contributed by atoms with Gasteiger partial charge in [-0.1, -0.05) is 158 Å². The molecule has 0 amide bonds. The van der Waals surface area contributed by atoms with Crippen LogP contribution < -0.4 is 0 Å². The Balaban J connectivity index is -0.000000640. The lowest BCUT2D eigenvalue weighted by molar-refractivity contribution is 0.118. The second-order valence-electron chi connectivity index (χ2n) is 12.5. The molecule has 0 fully saturated rings. The van der Waals surface area contributed by atoms with Gasteiger partial charge in [-0.25, -0.2) is 0 Å². The summed E-state index contributed by atoms with van der Waals surface area (Å²) in [4.78, 5) is 0. The van der Waals surface area contributed by atoms with Gasteiger partial charge in [-0.15, -0.1) is 0 Å². The lowest BCUT2D eigenvalue weighted by Gasteiger charge is -2.44. The average Bonchev–Trinajstić information content (AvgIpc) is 2.90. The summed E-state index contributed by atoms with van der Waals surface area (Å²) in [6, 6.07) is 13.8. The fourth-order valence-electron chi connectivity index (χ4n) is 4.81. The molecule has 0 heteroatoms. The molecule has 0 spiro atoms. The monoisotopic (exact) mass is 553 g/mol. The first-order chi connectivity index (χ1) is 18.5. The number of aryl methyl sites for hydroxylation is 4. The third-order valence-electron chi connectivity index (χ3n) is 8.57. The summed E-state index contributed by atoms with van der Waals surface area (Å²) < 4.78 is 0. The highest BCUT2D eigenvalue weighted by Gasteiger charge is 2.38. The predicted octanol–water partition coefficient (Wildman–Crippen LogP) is 13.8. The standard InChI is InChI=1S/C22H38.C12H16.3C2H6/c1-10-18-11-13-19(14-12-18)20(22(8,9)17(4)5)15-21(6,7)16(2)3;1-8(2)12-10(4)6-9(3)7-11(12)5;3*1-2/h11-14,16-17,20H,10,15H2,1-9H3;6-7H,1H2,2-5H3;3*1-2H3. The zero-order chi connectivity index (χ0) is 32.4. The van der Waals surface area contributed by atoms with Crippen molar-refractivity contribution in [3.05, 3.63) is 76.4 Å². The van der Waals surface area contributed by atoms with Crippen LogP contribution in [0.25, 0.3) is 5.57 Å². The summed E-state index contributed by atoms with van der Waals surface area (Å²) in [5, 5.41) is 0. The summed E-state index contributed by atoms with van der Waals surface area (Å²) in [6.07, 6.45) is 2.37. The maximum Gasteiger partial charge on any atom is -0.0103 e. The first kappa shape index (κ1) is 42.6. The Bertz CT molecular complexity index is 896. The van der Waals surface area contributed by atoms with Crippen LogP contribution in [0, 0.1) is 43.4 Å². The highest BCUT2D eigenvalue weighted by atomic mass is 14.4. The van der Waals surface area contributed by atoms with E-state index in [1.54, 1.807) is 0 Å². The van der Waals surface area contributed by atoms with Gasteiger partial charge < -0.3 is 0 Å². The molecule has 232 valence electrons. The molecule has 0 aromatic heterocycles. The maximum absolute atomic E-state index is 3.98. The zero-order valence-corrected chi connectivity index (χ0v) is 30.8. The van der Waals surface area contributed by atoms with E-state index in [-0.39, 0.29) is 0 Å². The first-order valence-electron chi connectivity index (χ1n) is 16.4. The van der Waals surface area contributed by atoms with Crippen molar-refractivity contribution in [3.63, 3.8) is 0 Å². The van der Waals surface area contributed by atoms with Crippen molar-refractivity contribution in [1.29, 1.82) is 0 Å². The molecule has 0 bridgehead atoms. The number of rotatable bonds is 8. The normalized spacial score (nSPS) is 11.5. The Kier molecular flexibility index (Phi) is 22.4. The molecule has 2 aromatic rings. The van der Waals surface area contributed by atoms with Gasteiger partial charge in [0.1, 0.15) is 0 Å². The van der Waals surface area contributed by atoms with Crippen molar-refractivity contribution in [3.8, 4) is 0 Å². The van der Waals surface area contributed by atoms with Crippen molar-refractivity contribution >= 4 is 5.57 Å². The fourth-order valence-corrected chi connectivity index (χ4v) is 4.81. The second-order valence-corrected chi connectivity index (χ2v) is 12.5. The molecule has 0 radical (unpaired) electrons. The van der Waals surface area contributed by atoms with Gasteiger partial charge in [-0.05, 0) is 96.9 Å². The summed E-state index contributed by atoms with van der Waals surface area (Å²) in [6.45, 7) is 45.9. The Morgan fingerprint density at radius 2 is 1.12 bits per heavy atom. The van der Waals surface area contributed by atoms with Crippen LogP contribution in [0.4, 0.5) is 0 Å². The SMILES string of the molecule is C=C(C)c1c(C)cc(C)cc1C.CC.CC.CC.CCc1ccc(C(CC(C)(C)C(C)C)C(C)(C)C(C)C)cc1. The average molecular weight is 553 g/mol. The molecule has 0 N–H and O–H groups in total. The third kappa shape index (κ3) is 13.7. The van der Waals surface area contributed by atoms with E-state index in [4.69, 9.17) is 0 Å². The van der Waals surface area contributed by atoms with Crippen molar-refractivity contribution in [1.82, 2.24) is 0 Å². The van der Waals surface area contributed by atoms with Gasteiger partial charge in [-0.2, -0.15) is 0 Å². The van der Waals surface area contributed by atoms with Gasteiger partial charge in [0.15, 0.2) is 0 Å². The van der Waals surface area contributed by atoms with E-state index in [0.29, 0.717) is 28.6 Å². The van der Waals surface area contributed by atoms with E-state index in [9.17, 15) is 0 Å². The van der Waals surface area contributed by atoms with Gasteiger partial charge in [0.25, 0.3) is 0 Å². The van der Waals surface area contributed by atoms with E-state index in [2.05, 4.69) is 133 Å². The van der Waals surface area contributed by atoms with Gasteiger partial charge >= 0.3 is 0 Å². The maximum atomic E-state index is 3.98. The van der Waals surface area contributed by atoms with E-state index < -0.39 is 0 Å². The molecule has 0 saturated heterocycles. The minimum absolute atomic E-state index is 0.305. The smallest absolute Gasteiger partial charge is 0.0103 e. The molecular formula is C40H72. The van der Waals surface area contributed by atoms with Crippen molar-refractivity contribution in [2.45, 2.75) is 150 Å². The van der Waals surface area contributed by atoms with E-state index in [1.807, 2.05) is 41.5 Å². The number of hydrogen-bond acceptors (Lipinski definition) is 0. The van der Waals surface area contributed by atoms with Crippen molar-refractivity contribution in [2.75, 3.05) is 0 Å². The molecule has 1 atom stereocenters. The summed E-state index contributed by atoms with van der Waals surface area (Å²) in [5.74, 6) is 1.98. The highest BCUT2D eigenvalue weighted by molar-refractivity contribution is 5.67. The van der Waals surface area contributed by atoms with E-state index in [1.165, 1.54) is 39.8 Å². The fraction of sp³-hybridized carbons (Fsp3) is 0.650. The summed E-state index contributed by atoms with van der Waals surface area (Å²) in [5.41, 5.74) is 10.1. The molecule has 0 saturated carbocycles. The van der Waals surface area contributed by atoms with Crippen LogP contribution in [0.5, 0.6) is 0 Å². The van der Waals surface area contributed by atoms with Crippen LogP contribution in [0.15, 0.2) is 43.0 Å². The van der Waals surface area contributed by atoms with Gasteiger partial charge in [0, 0.05) is 0 Å². The van der Waals surface area contributed by atoms with Crippen molar-refractivity contribution in [2.24, 2.45) is 22.7 Å². The van der Waals surface area contributed by atoms with Crippen molar-refractivity contribution < 1.29 is 0 Å². The van der Waals surface area contributed by atoms with Gasteiger partial charge in [-0.3, -0.25) is 0 Å². The molecule has 2 rings (SSSR count). The molecule has 0 nitrogen and oxygen atoms in total. The topological polar surface area (TPSA) is 0 Å². The number of hydrogen-bond donors (Lipinski definition) is 0. The second kappa shape index (κ2) is 21.0. The highest BCUT2D eigenvalue weighted by Crippen LogP contribution is 2.49. The molecular weight excluding hydrogens is 480 g/mol. The van der Waals surface area contributed by atoms with E-state index >= 15 is 0 Å².